The molecule has 0 spiro atoms. The number of para-hydroxylation sites is 1. The van der Waals surface area contributed by atoms with Crippen LogP contribution in [0.15, 0.2) is 71.6 Å². The number of fused-ring (bicyclic) bond motifs is 1. The minimum absolute atomic E-state index is 0.0208. The molecule has 3 N–H and O–H groups in total. The second kappa shape index (κ2) is 9.33. The SMILES string of the molecule is COc1ccc(CCNC(=O)c2ccccc2NS(=O)(=O)c2ccc3c(c2)CC(=O)N3)cc1. The van der Waals surface area contributed by atoms with E-state index in [1.807, 2.05) is 24.3 Å². The highest BCUT2D eigenvalue weighted by Gasteiger charge is 2.23. The topological polar surface area (TPSA) is 114 Å². The number of anilines is 2. The number of hydrogen-bond acceptors (Lipinski definition) is 5. The number of carbonyl (C=O) groups excluding carboxylic acids is 2. The standard InChI is InChI=1S/C24H23N3O5S/c1-32-18-8-6-16(7-9-18)12-13-25-24(29)20-4-2-3-5-22(20)27-33(30,31)19-10-11-21-17(14-19)15-23(28)26-21/h2-11,14,27H,12-13,15H2,1H3,(H,25,29)(H,26,28). The predicted molar refractivity (Wildman–Crippen MR) is 125 cm³/mol. The largest absolute Gasteiger partial charge is 0.497 e. The third-order valence-electron chi connectivity index (χ3n) is 5.29. The Kier molecular flexibility index (Phi) is 6.32. The van der Waals surface area contributed by atoms with E-state index in [1.165, 1.54) is 18.2 Å². The molecule has 1 aliphatic rings. The Hall–Kier alpha value is -3.85. The second-order valence-electron chi connectivity index (χ2n) is 7.55. The van der Waals surface area contributed by atoms with Crippen molar-refractivity contribution in [3.05, 3.63) is 83.4 Å². The van der Waals surface area contributed by atoms with Gasteiger partial charge in [-0.1, -0.05) is 24.3 Å². The number of amides is 2. The molecule has 0 bridgehead atoms. The van der Waals surface area contributed by atoms with Gasteiger partial charge in [0.2, 0.25) is 5.91 Å². The zero-order valence-corrected chi connectivity index (χ0v) is 18.7. The summed E-state index contributed by atoms with van der Waals surface area (Å²) in [7, 11) is -2.36. The van der Waals surface area contributed by atoms with E-state index < -0.39 is 10.0 Å². The van der Waals surface area contributed by atoms with Crippen LogP contribution in [0.1, 0.15) is 21.5 Å². The first-order chi connectivity index (χ1) is 15.9. The molecule has 33 heavy (non-hydrogen) atoms. The fraction of sp³-hybridized carbons (Fsp3) is 0.167. The number of carbonyl (C=O) groups is 2. The molecule has 0 atom stereocenters. The number of methoxy groups -OCH3 is 1. The summed E-state index contributed by atoms with van der Waals surface area (Å²) in [6, 6.07) is 18.4. The van der Waals surface area contributed by atoms with E-state index >= 15 is 0 Å². The minimum atomic E-state index is -3.96. The molecule has 0 radical (unpaired) electrons. The summed E-state index contributed by atoms with van der Waals surface area (Å²) >= 11 is 0. The predicted octanol–water partition coefficient (Wildman–Crippen LogP) is 2.96. The van der Waals surface area contributed by atoms with Crippen LogP contribution in [-0.4, -0.2) is 33.9 Å². The fourth-order valence-electron chi connectivity index (χ4n) is 3.55. The number of benzene rings is 3. The summed E-state index contributed by atoms with van der Waals surface area (Å²) in [4.78, 5) is 24.3. The van der Waals surface area contributed by atoms with E-state index in [2.05, 4.69) is 15.4 Å². The Morgan fingerprint density at radius 3 is 2.58 bits per heavy atom. The molecule has 4 rings (SSSR count). The highest BCUT2D eigenvalue weighted by atomic mass is 32.2. The third-order valence-corrected chi connectivity index (χ3v) is 6.65. The number of rotatable bonds is 8. The van der Waals surface area contributed by atoms with Crippen molar-refractivity contribution in [2.45, 2.75) is 17.7 Å². The number of ether oxygens (including phenoxy) is 1. The van der Waals surface area contributed by atoms with Gasteiger partial charge in [-0.25, -0.2) is 8.42 Å². The van der Waals surface area contributed by atoms with Crippen LogP contribution >= 0.6 is 0 Å². The van der Waals surface area contributed by atoms with Gasteiger partial charge in [-0.3, -0.25) is 14.3 Å². The lowest BCUT2D eigenvalue weighted by molar-refractivity contribution is -0.115. The van der Waals surface area contributed by atoms with Gasteiger partial charge < -0.3 is 15.4 Å². The van der Waals surface area contributed by atoms with Gasteiger partial charge in [0.05, 0.1) is 29.7 Å². The molecule has 170 valence electrons. The summed E-state index contributed by atoms with van der Waals surface area (Å²) in [6.45, 7) is 0.387. The van der Waals surface area contributed by atoms with Gasteiger partial charge in [-0.2, -0.15) is 0 Å². The molecule has 0 aliphatic carbocycles. The first-order valence-electron chi connectivity index (χ1n) is 10.3. The molecule has 2 amide bonds. The first kappa shape index (κ1) is 22.3. The maximum Gasteiger partial charge on any atom is 0.261 e. The van der Waals surface area contributed by atoms with Gasteiger partial charge in [0.25, 0.3) is 15.9 Å². The monoisotopic (exact) mass is 465 g/mol. The second-order valence-corrected chi connectivity index (χ2v) is 9.23. The summed E-state index contributed by atoms with van der Waals surface area (Å²) < 4.78 is 33.5. The minimum Gasteiger partial charge on any atom is -0.497 e. The lowest BCUT2D eigenvalue weighted by atomic mass is 10.1. The Morgan fingerprint density at radius 1 is 1.06 bits per heavy atom. The third kappa shape index (κ3) is 5.15. The molecule has 0 fully saturated rings. The van der Waals surface area contributed by atoms with Crippen molar-refractivity contribution >= 4 is 33.2 Å². The molecule has 3 aromatic rings. The van der Waals surface area contributed by atoms with Gasteiger partial charge in [0.15, 0.2) is 0 Å². The summed E-state index contributed by atoms with van der Waals surface area (Å²) in [5.41, 5.74) is 2.65. The zero-order chi connectivity index (χ0) is 23.4. The summed E-state index contributed by atoms with van der Waals surface area (Å²) in [5, 5.41) is 5.50. The molecule has 0 saturated heterocycles. The Labute approximate surface area is 192 Å². The smallest absolute Gasteiger partial charge is 0.261 e. The summed E-state index contributed by atoms with van der Waals surface area (Å²) in [6.07, 6.45) is 0.747. The van der Waals surface area contributed by atoms with Gasteiger partial charge in [-0.15, -0.1) is 0 Å². The maximum absolute atomic E-state index is 13.0. The Morgan fingerprint density at radius 2 is 1.82 bits per heavy atom. The van der Waals surface area contributed by atoms with E-state index in [-0.39, 0.29) is 34.4 Å². The number of hydrogen-bond donors (Lipinski definition) is 3. The summed E-state index contributed by atoms with van der Waals surface area (Å²) in [5.74, 6) is 0.199. The molecular weight excluding hydrogens is 442 g/mol. The molecule has 1 aliphatic heterocycles. The van der Waals surface area contributed by atoms with Crippen LogP contribution in [0.2, 0.25) is 0 Å². The van der Waals surface area contributed by atoms with Gasteiger partial charge in [0, 0.05) is 12.2 Å². The zero-order valence-electron chi connectivity index (χ0n) is 17.9. The van der Waals surface area contributed by atoms with Crippen LogP contribution in [0.4, 0.5) is 11.4 Å². The molecule has 0 saturated carbocycles. The highest BCUT2D eigenvalue weighted by molar-refractivity contribution is 7.92. The molecule has 0 unspecified atom stereocenters. The fourth-order valence-corrected chi connectivity index (χ4v) is 4.68. The van der Waals surface area contributed by atoms with Crippen LogP contribution < -0.4 is 20.1 Å². The molecular formula is C24H23N3O5S. The van der Waals surface area contributed by atoms with Crippen LogP contribution in [-0.2, 0) is 27.7 Å². The Bertz CT molecular complexity index is 1300. The first-order valence-corrected chi connectivity index (χ1v) is 11.8. The molecule has 9 heteroatoms. The molecule has 8 nitrogen and oxygen atoms in total. The van der Waals surface area contributed by atoms with E-state index in [9.17, 15) is 18.0 Å². The van der Waals surface area contributed by atoms with Crippen molar-refractivity contribution in [1.29, 1.82) is 0 Å². The molecule has 1 heterocycles. The molecule has 3 aromatic carbocycles. The van der Waals surface area contributed by atoms with Gasteiger partial charge in [0.1, 0.15) is 5.75 Å². The number of nitrogens with one attached hydrogen (secondary N) is 3. The van der Waals surface area contributed by atoms with Crippen LogP contribution in [0.25, 0.3) is 0 Å². The van der Waals surface area contributed by atoms with E-state index in [0.717, 1.165) is 11.3 Å². The van der Waals surface area contributed by atoms with Crippen molar-refractivity contribution in [1.82, 2.24) is 5.32 Å². The van der Waals surface area contributed by atoms with Crippen molar-refractivity contribution in [2.75, 3.05) is 23.7 Å². The van der Waals surface area contributed by atoms with Crippen LogP contribution in [0, 0.1) is 0 Å². The van der Waals surface area contributed by atoms with Gasteiger partial charge in [-0.05, 0) is 60.0 Å². The molecule has 0 aromatic heterocycles. The van der Waals surface area contributed by atoms with Crippen molar-refractivity contribution < 1.29 is 22.7 Å². The highest BCUT2D eigenvalue weighted by Crippen LogP contribution is 2.27. The van der Waals surface area contributed by atoms with E-state index in [0.29, 0.717) is 24.2 Å². The number of sulfonamides is 1. The lowest BCUT2D eigenvalue weighted by Gasteiger charge is -2.13. The normalized spacial score (nSPS) is 12.6. The van der Waals surface area contributed by atoms with Crippen molar-refractivity contribution in [3.63, 3.8) is 0 Å². The quantitative estimate of drug-likeness (QED) is 0.473. The lowest BCUT2D eigenvalue weighted by Crippen LogP contribution is -2.27. The van der Waals surface area contributed by atoms with Crippen molar-refractivity contribution in [3.8, 4) is 5.75 Å². The van der Waals surface area contributed by atoms with Crippen LogP contribution in [0.3, 0.4) is 0 Å². The maximum atomic E-state index is 13.0. The van der Waals surface area contributed by atoms with E-state index in [1.54, 1.807) is 31.4 Å². The Balaban J connectivity index is 1.45. The average Bonchev–Trinajstić information content (AvgIpc) is 3.19. The van der Waals surface area contributed by atoms with Crippen molar-refractivity contribution in [2.24, 2.45) is 0 Å². The van der Waals surface area contributed by atoms with Gasteiger partial charge >= 0.3 is 0 Å². The van der Waals surface area contributed by atoms with E-state index in [4.69, 9.17) is 4.74 Å². The average molecular weight is 466 g/mol. The van der Waals surface area contributed by atoms with Crippen LogP contribution in [0.5, 0.6) is 5.75 Å².